The molecule has 120 valence electrons. The van der Waals surface area contributed by atoms with Crippen LogP contribution in [0.5, 0.6) is 0 Å². The van der Waals surface area contributed by atoms with E-state index in [0.717, 1.165) is 6.92 Å². The van der Waals surface area contributed by atoms with Crippen molar-refractivity contribution >= 4 is 17.8 Å². The molecule has 1 aromatic carbocycles. The molecule has 0 radical (unpaired) electrons. The van der Waals surface area contributed by atoms with Crippen molar-refractivity contribution in [1.29, 1.82) is 0 Å². The zero-order valence-corrected chi connectivity index (χ0v) is 12.3. The summed E-state index contributed by atoms with van der Waals surface area (Å²) in [5.41, 5.74) is -1.44. The van der Waals surface area contributed by atoms with Gasteiger partial charge in [0.15, 0.2) is 5.60 Å². The van der Waals surface area contributed by atoms with Gasteiger partial charge in [0.25, 0.3) is 5.91 Å². The first-order valence-electron chi connectivity index (χ1n) is 6.88. The minimum absolute atomic E-state index is 0.130. The van der Waals surface area contributed by atoms with Gasteiger partial charge in [-0.3, -0.25) is 9.59 Å². The lowest BCUT2D eigenvalue weighted by Crippen LogP contribution is -2.46. The van der Waals surface area contributed by atoms with Crippen LogP contribution in [0.3, 0.4) is 0 Å². The summed E-state index contributed by atoms with van der Waals surface area (Å²) in [5.74, 6) is -1.99. The highest BCUT2D eigenvalue weighted by molar-refractivity contribution is 5.94. The van der Waals surface area contributed by atoms with Crippen LogP contribution in [-0.2, 0) is 9.59 Å². The third-order valence-corrected chi connectivity index (χ3v) is 2.99. The summed E-state index contributed by atoms with van der Waals surface area (Å²) < 4.78 is 0. The second-order valence-electron chi connectivity index (χ2n) is 5.08. The van der Waals surface area contributed by atoms with E-state index in [0.29, 0.717) is 18.5 Å². The second kappa shape index (κ2) is 8.14. The van der Waals surface area contributed by atoms with Gasteiger partial charge in [-0.15, -0.1) is 0 Å². The molecule has 22 heavy (non-hydrogen) atoms. The molecule has 1 unspecified atom stereocenters. The number of aliphatic carboxylic acids is 1. The van der Waals surface area contributed by atoms with Gasteiger partial charge in [0, 0.05) is 18.5 Å². The van der Waals surface area contributed by atoms with Crippen LogP contribution < -0.4 is 10.6 Å². The molecule has 0 aromatic heterocycles. The molecule has 0 saturated heterocycles. The molecule has 0 aliphatic rings. The monoisotopic (exact) mass is 308 g/mol. The summed E-state index contributed by atoms with van der Waals surface area (Å²) in [6.07, 6.45) is 0.546. The fourth-order valence-electron chi connectivity index (χ4n) is 1.58. The van der Waals surface area contributed by atoms with Crippen LogP contribution in [0.1, 0.15) is 30.1 Å². The number of carbonyl (C=O) groups is 3. The van der Waals surface area contributed by atoms with E-state index in [1.807, 2.05) is 6.07 Å². The number of carbonyl (C=O) groups excluding carboxylic acids is 2. The number of amides is 2. The normalized spacial score (nSPS) is 13.0. The Morgan fingerprint density at radius 2 is 1.77 bits per heavy atom. The Hall–Kier alpha value is -2.41. The quantitative estimate of drug-likeness (QED) is 0.510. The molecule has 0 spiro atoms. The molecule has 0 heterocycles. The molecular formula is C15H20N2O5. The van der Waals surface area contributed by atoms with Crippen LogP contribution in [-0.4, -0.2) is 46.7 Å². The number of hydrogen-bond acceptors (Lipinski definition) is 4. The maximum atomic E-state index is 11.7. The fourth-order valence-corrected chi connectivity index (χ4v) is 1.58. The Balaban J connectivity index is 2.21. The van der Waals surface area contributed by atoms with Crippen LogP contribution in [0.25, 0.3) is 0 Å². The number of carboxylic acids is 1. The van der Waals surface area contributed by atoms with Crippen LogP contribution in [0.2, 0.25) is 0 Å². The number of nitrogens with one attached hydrogen (secondary N) is 2. The molecule has 0 saturated carbocycles. The lowest BCUT2D eigenvalue weighted by molar-refractivity contribution is -0.156. The summed E-state index contributed by atoms with van der Waals surface area (Å²) in [5, 5.41) is 23.2. The van der Waals surface area contributed by atoms with Crippen molar-refractivity contribution in [2.75, 3.05) is 13.1 Å². The van der Waals surface area contributed by atoms with Crippen molar-refractivity contribution < 1.29 is 24.6 Å². The molecule has 1 aromatic rings. The first-order valence-corrected chi connectivity index (χ1v) is 6.88. The van der Waals surface area contributed by atoms with Crippen molar-refractivity contribution in [3.63, 3.8) is 0 Å². The van der Waals surface area contributed by atoms with E-state index in [2.05, 4.69) is 10.6 Å². The van der Waals surface area contributed by atoms with Gasteiger partial charge in [-0.05, 0) is 25.5 Å². The van der Waals surface area contributed by atoms with Crippen molar-refractivity contribution in [1.82, 2.24) is 10.6 Å². The van der Waals surface area contributed by atoms with E-state index in [9.17, 15) is 19.5 Å². The van der Waals surface area contributed by atoms with Crippen LogP contribution in [0, 0.1) is 0 Å². The minimum atomic E-state index is -1.99. The molecule has 2 amide bonds. The molecule has 0 aliphatic heterocycles. The van der Waals surface area contributed by atoms with Crippen molar-refractivity contribution in [2.45, 2.75) is 25.4 Å². The van der Waals surface area contributed by atoms with Gasteiger partial charge in [0.05, 0.1) is 6.54 Å². The highest BCUT2D eigenvalue weighted by atomic mass is 16.4. The highest BCUT2D eigenvalue weighted by Crippen LogP contribution is 2.01. The lowest BCUT2D eigenvalue weighted by Gasteiger charge is -2.18. The molecule has 1 rings (SSSR count). The molecule has 0 bridgehead atoms. The van der Waals surface area contributed by atoms with Gasteiger partial charge in [-0.2, -0.15) is 0 Å². The molecule has 1 atom stereocenters. The van der Waals surface area contributed by atoms with E-state index in [1.54, 1.807) is 24.3 Å². The number of hydrogen-bond donors (Lipinski definition) is 4. The smallest absolute Gasteiger partial charge is 0.337 e. The van der Waals surface area contributed by atoms with Gasteiger partial charge < -0.3 is 20.8 Å². The molecule has 0 aliphatic carbocycles. The Kier molecular flexibility index (Phi) is 6.52. The van der Waals surface area contributed by atoms with E-state index in [1.165, 1.54) is 0 Å². The third-order valence-electron chi connectivity index (χ3n) is 2.99. The molecule has 0 fully saturated rings. The topological polar surface area (TPSA) is 116 Å². The van der Waals surface area contributed by atoms with Gasteiger partial charge in [-0.25, -0.2) is 4.79 Å². The molecule has 7 heteroatoms. The Labute approximate surface area is 128 Å². The number of carboxylic acid groups (broad SMARTS) is 1. The number of benzene rings is 1. The summed E-state index contributed by atoms with van der Waals surface area (Å²) >= 11 is 0. The Morgan fingerprint density at radius 3 is 2.36 bits per heavy atom. The van der Waals surface area contributed by atoms with Crippen LogP contribution in [0.15, 0.2) is 30.3 Å². The predicted molar refractivity (Wildman–Crippen MR) is 79.3 cm³/mol. The largest absolute Gasteiger partial charge is 0.479 e. The zero-order valence-electron chi connectivity index (χ0n) is 12.3. The average molecular weight is 308 g/mol. The fraction of sp³-hybridized carbons (Fsp3) is 0.400. The summed E-state index contributed by atoms with van der Waals surface area (Å²) in [6.45, 7) is 1.07. The van der Waals surface area contributed by atoms with Crippen LogP contribution >= 0.6 is 0 Å². The molecule has 7 nitrogen and oxygen atoms in total. The van der Waals surface area contributed by atoms with Gasteiger partial charge in [0.2, 0.25) is 5.91 Å². The average Bonchev–Trinajstić information content (AvgIpc) is 2.50. The van der Waals surface area contributed by atoms with Crippen molar-refractivity contribution in [3.05, 3.63) is 35.9 Å². The zero-order chi connectivity index (χ0) is 16.6. The Morgan fingerprint density at radius 1 is 1.14 bits per heavy atom. The van der Waals surface area contributed by atoms with Crippen molar-refractivity contribution in [3.8, 4) is 0 Å². The second-order valence-corrected chi connectivity index (χ2v) is 5.08. The van der Waals surface area contributed by atoms with Crippen LogP contribution in [0.4, 0.5) is 0 Å². The molecular weight excluding hydrogens is 288 g/mol. The maximum absolute atomic E-state index is 11.7. The van der Waals surface area contributed by atoms with Gasteiger partial charge in [0.1, 0.15) is 0 Å². The van der Waals surface area contributed by atoms with E-state index in [4.69, 9.17) is 5.11 Å². The standard InChI is InChI=1S/C15H20N2O5/c1-15(22,14(20)21)10-17-12(18)8-5-9-16-13(19)11-6-3-2-4-7-11/h2-4,6-7,22H,5,8-10H2,1H3,(H,16,19)(H,17,18)(H,20,21). The number of rotatable bonds is 8. The van der Waals surface area contributed by atoms with Gasteiger partial charge >= 0.3 is 5.97 Å². The van der Waals surface area contributed by atoms with E-state index >= 15 is 0 Å². The Bertz CT molecular complexity index is 528. The first-order chi connectivity index (χ1) is 10.3. The van der Waals surface area contributed by atoms with E-state index < -0.39 is 11.6 Å². The summed E-state index contributed by atoms with van der Waals surface area (Å²) in [4.78, 5) is 33.9. The van der Waals surface area contributed by atoms with Crippen molar-refractivity contribution in [2.24, 2.45) is 0 Å². The lowest BCUT2D eigenvalue weighted by atomic mass is 10.1. The summed E-state index contributed by atoms with van der Waals surface area (Å²) in [6, 6.07) is 8.71. The SMILES string of the molecule is CC(O)(CNC(=O)CCCNC(=O)c1ccccc1)C(=O)O. The highest BCUT2D eigenvalue weighted by Gasteiger charge is 2.30. The number of aliphatic hydroxyl groups is 1. The van der Waals surface area contributed by atoms with E-state index in [-0.39, 0.29) is 24.8 Å². The molecule has 4 N–H and O–H groups in total. The first kappa shape index (κ1) is 17.6. The summed E-state index contributed by atoms with van der Waals surface area (Å²) in [7, 11) is 0. The third kappa shape index (κ3) is 5.92. The minimum Gasteiger partial charge on any atom is -0.479 e. The predicted octanol–water partition coefficient (Wildman–Crippen LogP) is 0.148. The maximum Gasteiger partial charge on any atom is 0.337 e. The van der Waals surface area contributed by atoms with Gasteiger partial charge in [-0.1, -0.05) is 18.2 Å².